The van der Waals surface area contributed by atoms with Gasteiger partial charge in [0, 0.05) is 12.8 Å². The van der Waals surface area contributed by atoms with Gasteiger partial charge in [-0.15, -0.1) is 0 Å². The molecule has 1 unspecified atom stereocenters. The molecule has 7 nitrogen and oxygen atoms in total. The van der Waals surface area contributed by atoms with Crippen LogP contribution in [0.4, 0.5) is 8.78 Å². The highest BCUT2D eigenvalue weighted by Crippen LogP contribution is 2.47. The number of methoxy groups -OCH3 is 1. The SMILES string of the molecule is COc1ccc(C2(C(=O)N3CS(=O)(=O)CC3C(=O)O)CCC(F)(F)CC2)cc1. The Hall–Kier alpha value is -2.23. The lowest BCUT2D eigenvalue weighted by Gasteiger charge is -2.42. The third-order valence-corrected chi connectivity index (χ3v) is 7.05. The topological polar surface area (TPSA) is 101 Å². The lowest BCUT2D eigenvalue weighted by atomic mass is 9.67. The molecule has 1 aliphatic carbocycles. The van der Waals surface area contributed by atoms with E-state index in [0.717, 1.165) is 4.90 Å². The Morgan fingerprint density at radius 2 is 1.71 bits per heavy atom. The van der Waals surface area contributed by atoms with Crippen LogP contribution in [0.3, 0.4) is 0 Å². The van der Waals surface area contributed by atoms with Crippen molar-refractivity contribution in [1.82, 2.24) is 4.90 Å². The van der Waals surface area contributed by atoms with Gasteiger partial charge in [0.25, 0.3) is 0 Å². The number of nitrogens with zero attached hydrogens (tertiary/aromatic N) is 1. The van der Waals surface area contributed by atoms with Crippen LogP contribution in [-0.4, -0.2) is 61.0 Å². The van der Waals surface area contributed by atoms with Gasteiger partial charge in [-0.1, -0.05) is 12.1 Å². The average molecular weight is 417 g/mol. The maximum Gasteiger partial charge on any atom is 0.327 e. The fourth-order valence-corrected chi connectivity index (χ4v) is 5.57. The number of aliphatic carboxylic acids is 1. The maximum absolute atomic E-state index is 13.8. The van der Waals surface area contributed by atoms with Gasteiger partial charge in [-0.2, -0.15) is 0 Å². The van der Waals surface area contributed by atoms with E-state index in [2.05, 4.69) is 0 Å². The third kappa shape index (κ3) is 3.69. The maximum atomic E-state index is 13.8. The van der Waals surface area contributed by atoms with Gasteiger partial charge in [0.15, 0.2) is 9.84 Å². The zero-order chi connectivity index (χ0) is 20.7. The molecule has 1 atom stereocenters. The van der Waals surface area contributed by atoms with Crippen molar-refractivity contribution in [2.75, 3.05) is 18.7 Å². The number of amides is 1. The number of rotatable bonds is 4. The van der Waals surface area contributed by atoms with Gasteiger partial charge in [-0.25, -0.2) is 22.0 Å². The molecule has 1 heterocycles. The predicted molar refractivity (Wildman–Crippen MR) is 95.0 cm³/mol. The van der Waals surface area contributed by atoms with Gasteiger partial charge in [-0.05, 0) is 30.5 Å². The lowest BCUT2D eigenvalue weighted by molar-refractivity contribution is -0.153. The molecule has 1 saturated carbocycles. The van der Waals surface area contributed by atoms with E-state index in [4.69, 9.17) is 4.74 Å². The fraction of sp³-hybridized carbons (Fsp3) is 0.556. The molecule has 1 N–H and O–H groups in total. The number of benzene rings is 1. The number of carbonyl (C=O) groups excluding carboxylic acids is 1. The molecule has 2 aliphatic rings. The van der Waals surface area contributed by atoms with Crippen LogP contribution in [0.1, 0.15) is 31.2 Å². The van der Waals surface area contributed by atoms with Gasteiger partial charge in [0.05, 0.1) is 18.3 Å². The molecule has 1 aromatic carbocycles. The molecule has 1 saturated heterocycles. The number of hydrogen-bond acceptors (Lipinski definition) is 5. The minimum atomic E-state index is -3.76. The van der Waals surface area contributed by atoms with Crippen molar-refractivity contribution in [1.29, 1.82) is 0 Å². The highest BCUT2D eigenvalue weighted by Gasteiger charge is 2.54. The first-order chi connectivity index (χ1) is 13.0. The summed E-state index contributed by atoms with van der Waals surface area (Å²) in [6.45, 7) is 0. The van der Waals surface area contributed by atoms with Crippen molar-refractivity contribution in [3.05, 3.63) is 29.8 Å². The Bertz CT molecular complexity index is 874. The summed E-state index contributed by atoms with van der Waals surface area (Å²) in [4.78, 5) is 25.7. The molecule has 2 fully saturated rings. The van der Waals surface area contributed by atoms with Crippen LogP contribution >= 0.6 is 0 Å². The van der Waals surface area contributed by atoms with E-state index in [1.54, 1.807) is 24.3 Å². The molecular weight excluding hydrogens is 396 g/mol. The number of ether oxygens (including phenoxy) is 1. The third-order valence-electron chi connectivity index (χ3n) is 5.56. The Kier molecular flexibility index (Phi) is 5.11. The first-order valence-corrected chi connectivity index (χ1v) is 10.6. The Morgan fingerprint density at radius 3 is 2.21 bits per heavy atom. The molecule has 10 heteroatoms. The van der Waals surface area contributed by atoms with Crippen molar-refractivity contribution >= 4 is 21.7 Å². The summed E-state index contributed by atoms with van der Waals surface area (Å²) in [6, 6.07) is 4.83. The number of sulfone groups is 1. The van der Waals surface area contributed by atoms with Crippen LogP contribution in [0.15, 0.2) is 24.3 Å². The number of halogens is 2. The summed E-state index contributed by atoms with van der Waals surface area (Å²) in [6.07, 6.45) is -1.48. The van der Waals surface area contributed by atoms with Gasteiger partial charge in [-0.3, -0.25) is 4.79 Å². The van der Waals surface area contributed by atoms with Crippen molar-refractivity contribution in [2.45, 2.75) is 43.1 Å². The smallest absolute Gasteiger partial charge is 0.327 e. The van der Waals surface area contributed by atoms with Crippen LogP contribution in [0, 0.1) is 0 Å². The normalized spacial score (nSPS) is 25.2. The summed E-state index contributed by atoms with van der Waals surface area (Å²) in [5.74, 6) is -5.97. The van der Waals surface area contributed by atoms with Crippen molar-refractivity contribution in [3.63, 3.8) is 0 Å². The van der Waals surface area contributed by atoms with E-state index in [1.807, 2.05) is 0 Å². The second kappa shape index (κ2) is 6.98. The zero-order valence-corrected chi connectivity index (χ0v) is 16.0. The van der Waals surface area contributed by atoms with Crippen LogP contribution in [0.2, 0.25) is 0 Å². The highest BCUT2D eigenvalue weighted by atomic mass is 32.2. The van der Waals surface area contributed by atoms with E-state index in [0.29, 0.717) is 11.3 Å². The first kappa shape index (κ1) is 20.5. The lowest BCUT2D eigenvalue weighted by Crippen LogP contribution is -2.53. The first-order valence-electron chi connectivity index (χ1n) is 8.76. The summed E-state index contributed by atoms with van der Waals surface area (Å²) in [5.41, 5.74) is -0.955. The quantitative estimate of drug-likeness (QED) is 0.802. The van der Waals surface area contributed by atoms with E-state index in [-0.39, 0.29) is 12.8 Å². The molecule has 154 valence electrons. The Labute approximate surface area is 161 Å². The van der Waals surface area contributed by atoms with Crippen LogP contribution in [0.5, 0.6) is 5.75 Å². The fourth-order valence-electron chi connectivity index (χ4n) is 3.94. The Balaban J connectivity index is 2.03. The van der Waals surface area contributed by atoms with Gasteiger partial charge < -0.3 is 14.7 Å². The minimum Gasteiger partial charge on any atom is -0.497 e. The highest BCUT2D eigenvalue weighted by molar-refractivity contribution is 7.91. The number of carbonyl (C=O) groups is 2. The predicted octanol–water partition coefficient (Wildman–Crippen LogP) is 1.81. The van der Waals surface area contributed by atoms with E-state index >= 15 is 0 Å². The van der Waals surface area contributed by atoms with Gasteiger partial charge >= 0.3 is 5.97 Å². The number of carboxylic acid groups (broad SMARTS) is 1. The molecule has 1 aromatic rings. The average Bonchev–Trinajstić information content (AvgIpc) is 2.98. The van der Waals surface area contributed by atoms with Crippen molar-refractivity contribution in [2.24, 2.45) is 0 Å². The standard InChI is InChI=1S/C18H21F2NO6S/c1-27-13-4-2-12(3-5-13)17(6-8-18(19,20)9-7-17)16(24)21-11-28(25,26)10-14(21)15(22)23/h2-5,14H,6-11H2,1H3,(H,22,23). The molecule has 0 bridgehead atoms. The number of hydrogen-bond donors (Lipinski definition) is 1. The molecule has 0 aromatic heterocycles. The monoisotopic (exact) mass is 417 g/mol. The molecule has 0 radical (unpaired) electrons. The van der Waals surface area contributed by atoms with Crippen molar-refractivity contribution < 1.29 is 36.6 Å². The summed E-state index contributed by atoms with van der Waals surface area (Å²) >= 11 is 0. The molecular formula is C18H21F2NO6S. The molecule has 3 rings (SSSR count). The van der Waals surface area contributed by atoms with Crippen molar-refractivity contribution in [3.8, 4) is 5.75 Å². The van der Waals surface area contributed by atoms with E-state index in [9.17, 15) is 31.9 Å². The number of carboxylic acids is 1. The minimum absolute atomic E-state index is 0.200. The molecule has 1 amide bonds. The van der Waals surface area contributed by atoms with Crippen LogP contribution < -0.4 is 4.74 Å². The summed E-state index contributed by atoms with van der Waals surface area (Å²) < 4.78 is 56.7. The summed E-state index contributed by atoms with van der Waals surface area (Å²) in [7, 11) is -2.30. The molecule has 1 aliphatic heterocycles. The molecule has 0 spiro atoms. The molecule has 28 heavy (non-hydrogen) atoms. The second-order valence-electron chi connectivity index (χ2n) is 7.33. The number of alkyl halides is 2. The van der Waals surface area contributed by atoms with Crippen LogP contribution in [0.25, 0.3) is 0 Å². The largest absolute Gasteiger partial charge is 0.497 e. The summed E-state index contributed by atoms with van der Waals surface area (Å²) in [5, 5.41) is 9.37. The van der Waals surface area contributed by atoms with Gasteiger partial charge in [0.1, 0.15) is 17.7 Å². The van der Waals surface area contributed by atoms with Crippen LogP contribution in [-0.2, 0) is 24.8 Å². The zero-order valence-electron chi connectivity index (χ0n) is 15.2. The van der Waals surface area contributed by atoms with Gasteiger partial charge in [0.2, 0.25) is 11.8 Å². The Morgan fingerprint density at radius 1 is 1.14 bits per heavy atom. The van der Waals surface area contributed by atoms with E-state index < -0.39 is 63.6 Å². The second-order valence-corrected chi connectivity index (χ2v) is 9.41. The van der Waals surface area contributed by atoms with E-state index in [1.165, 1.54) is 7.11 Å².